The monoisotopic (exact) mass is 554 g/mol. The smallest absolute Gasteiger partial charge is 0.410 e. The first kappa shape index (κ1) is 29.7. The zero-order valence-corrected chi connectivity index (χ0v) is 23.3. The predicted molar refractivity (Wildman–Crippen MR) is 149 cm³/mol. The number of aldehydes is 1. The number of nitrogens with zero attached hydrogens (tertiary/aromatic N) is 2. The van der Waals surface area contributed by atoms with Crippen molar-refractivity contribution in [1.82, 2.24) is 9.80 Å². The number of hydrogen-bond acceptors (Lipinski definition) is 8. The molecule has 5 atom stereocenters. The molecule has 0 radical (unpaired) electrons. The summed E-state index contributed by atoms with van der Waals surface area (Å²) in [5, 5.41) is 0. The van der Waals surface area contributed by atoms with Crippen molar-refractivity contribution in [3.8, 4) is 0 Å². The van der Waals surface area contributed by atoms with Gasteiger partial charge in [-0.05, 0) is 50.2 Å². The summed E-state index contributed by atoms with van der Waals surface area (Å²) < 4.78 is 10.7. The minimum atomic E-state index is -0.869. The van der Waals surface area contributed by atoms with Gasteiger partial charge < -0.3 is 35.5 Å². The number of carbonyl (C=O) groups excluding carboxylic acids is 4. The molecule has 2 amide bonds. The molecule has 1 aliphatic carbocycles. The van der Waals surface area contributed by atoms with E-state index >= 15 is 0 Å². The number of likely N-dealkylation sites (tertiary alicyclic amines) is 1. The van der Waals surface area contributed by atoms with Crippen LogP contribution in [0.3, 0.4) is 0 Å². The largest absolute Gasteiger partial charge is 0.465 e. The van der Waals surface area contributed by atoms with Crippen molar-refractivity contribution < 1.29 is 28.7 Å². The molecule has 3 aliphatic rings. The number of carbonyl (C=O) groups is 4. The Bertz CT molecular complexity index is 1110. The first-order valence-electron chi connectivity index (χ1n) is 14.4. The number of esters is 1. The molecule has 1 aromatic carbocycles. The summed E-state index contributed by atoms with van der Waals surface area (Å²) in [5.41, 5.74) is 13.8. The summed E-state index contributed by atoms with van der Waals surface area (Å²) in [7, 11) is 0. The van der Waals surface area contributed by atoms with Gasteiger partial charge in [0.15, 0.2) is 0 Å². The van der Waals surface area contributed by atoms with Gasteiger partial charge in [-0.15, -0.1) is 0 Å². The van der Waals surface area contributed by atoms with Crippen LogP contribution >= 0.6 is 0 Å². The molecule has 4 rings (SSSR count). The third kappa shape index (κ3) is 7.09. The van der Waals surface area contributed by atoms with Gasteiger partial charge in [0.05, 0.1) is 25.2 Å². The molecule has 4 N–H and O–H groups in total. The second-order valence-corrected chi connectivity index (χ2v) is 11.1. The lowest BCUT2D eigenvalue weighted by molar-refractivity contribution is -0.146. The Balaban J connectivity index is 1.14. The fourth-order valence-corrected chi connectivity index (χ4v) is 5.61. The van der Waals surface area contributed by atoms with Gasteiger partial charge in [-0.3, -0.25) is 9.59 Å². The topological polar surface area (TPSA) is 145 Å². The molecule has 10 heteroatoms. The molecule has 0 unspecified atom stereocenters. The fraction of sp³-hybridized carbons (Fsp3) is 0.600. The van der Waals surface area contributed by atoms with E-state index in [0.29, 0.717) is 32.5 Å². The quantitative estimate of drug-likeness (QED) is 0.173. The van der Waals surface area contributed by atoms with Crippen molar-refractivity contribution in [1.29, 1.82) is 0 Å². The van der Waals surface area contributed by atoms with Crippen molar-refractivity contribution in [2.75, 3.05) is 19.7 Å². The highest BCUT2D eigenvalue weighted by atomic mass is 16.6. The molecular weight excluding hydrogens is 512 g/mol. The third-order valence-corrected chi connectivity index (χ3v) is 8.19. The Labute approximate surface area is 236 Å². The number of benzene rings is 1. The van der Waals surface area contributed by atoms with Gasteiger partial charge in [0.25, 0.3) is 0 Å². The van der Waals surface area contributed by atoms with Gasteiger partial charge in [0.1, 0.15) is 17.9 Å². The lowest BCUT2D eigenvalue weighted by Gasteiger charge is -2.29. The number of rotatable bonds is 12. The fourth-order valence-electron chi connectivity index (χ4n) is 5.61. The van der Waals surface area contributed by atoms with Crippen molar-refractivity contribution in [3.05, 3.63) is 47.5 Å². The Kier molecular flexibility index (Phi) is 9.97. The lowest BCUT2D eigenvalue weighted by atomic mass is 10.0. The molecule has 1 saturated heterocycles. The molecule has 1 aromatic rings. The highest BCUT2D eigenvalue weighted by molar-refractivity contribution is 5.85. The first-order chi connectivity index (χ1) is 19.3. The lowest BCUT2D eigenvalue weighted by Crippen LogP contribution is -2.47. The maximum atomic E-state index is 13.0. The number of allylic oxidation sites excluding steroid dienone is 1. The van der Waals surface area contributed by atoms with Gasteiger partial charge in [0.2, 0.25) is 5.91 Å². The minimum absolute atomic E-state index is 0.0310. The third-order valence-electron chi connectivity index (χ3n) is 8.19. The van der Waals surface area contributed by atoms with Crippen LogP contribution in [0.2, 0.25) is 0 Å². The van der Waals surface area contributed by atoms with E-state index in [-0.39, 0.29) is 30.8 Å². The van der Waals surface area contributed by atoms with Gasteiger partial charge in [0, 0.05) is 25.4 Å². The van der Waals surface area contributed by atoms with E-state index in [1.165, 1.54) is 10.5 Å². The van der Waals surface area contributed by atoms with E-state index < -0.39 is 29.8 Å². The molecule has 0 aromatic heterocycles. The number of hydrogen-bond donors (Lipinski definition) is 2. The Morgan fingerprint density at radius 1 is 1.18 bits per heavy atom. The van der Waals surface area contributed by atoms with Crippen LogP contribution in [0.15, 0.2) is 36.4 Å². The zero-order chi connectivity index (χ0) is 28.7. The molecule has 1 saturated carbocycles. The normalized spacial score (nSPS) is 26.3. The molecule has 40 heavy (non-hydrogen) atoms. The van der Waals surface area contributed by atoms with E-state index in [9.17, 15) is 19.2 Å². The van der Waals surface area contributed by atoms with Gasteiger partial charge in [-0.1, -0.05) is 49.3 Å². The number of nitrogens with two attached hydrogens (primary N) is 2. The van der Waals surface area contributed by atoms with Crippen LogP contribution < -0.4 is 11.5 Å². The minimum Gasteiger partial charge on any atom is -0.465 e. The maximum absolute atomic E-state index is 13.0. The standard InChI is InChI=1S/C30H42N4O6/c1-2-39-28(37)30(32)17-23(30)12-6-4-3-5-7-13-26(31)27(36)34-19-25(16-24(34)20-35)40-29(38)33-15-14-21-10-8-9-11-22(21)18-33/h6,8-12,20,23-26H,2-5,7,13-19,31-32H2,1H3/b12-6-/t23-,24+,25-,26+,30-/m1/s1. The van der Waals surface area contributed by atoms with E-state index in [0.717, 1.165) is 44.0 Å². The average molecular weight is 555 g/mol. The van der Waals surface area contributed by atoms with E-state index in [1.807, 2.05) is 30.4 Å². The number of unbranched alkanes of at least 4 members (excludes halogenated alkanes) is 3. The van der Waals surface area contributed by atoms with Crippen molar-refractivity contribution in [2.45, 2.75) is 88.6 Å². The van der Waals surface area contributed by atoms with Crippen LogP contribution in [-0.4, -0.2) is 77.5 Å². The average Bonchev–Trinajstić information content (AvgIpc) is 3.45. The van der Waals surface area contributed by atoms with Crippen LogP contribution in [0.5, 0.6) is 0 Å². The van der Waals surface area contributed by atoms with E-state index in [2.05, 4.69) is 6.07 Å². The van der Waals surface area contributed by atoms with Crippen molar-refractivity contribution >= 4 is 24.3 Å². The zero-order valence-electron chi connectivity index (χ0n) is 23.3. The first-order valence-corrected chi connectivity index (χ1v) is 14.4. The van der Waals surface area contributed by atoms with Crippen LogP contribution in [-0.2, 0) is 36.8 Å². The highest BCUT2D eigenvalue weighted by Gasteiger charge is 2.56. The number of fused-ring (bicyclic) bond motifs is 1. The Morgan fingerprint density at radius 2 is 1.95 bits per heavy atom. The van der Waals surface area contributed by atoms with Crippen LogP contribution in [0.1, 0.15) is 63.0 Å². The summed E-state index contributed by atoms with van der Waals surface area (Å²) in [6.45, 7) is 3.33. The molecule has 0 bridgehead atoms. The van der Waals surface area contributed by atoms with Crippen molar-refractivity contribution in [3.63, 3.8) is 0 Å². The molecule has 2 heterocycles. The molecule has 0 spiro atoms. The van der Waals surface area contributed by atoms with Crippen molar-refractivity contribution in [2.24, 2.45) is 17.4 Å². The van der Waals surface area contributed by atoms with E-state index in [1.54, 1.807) is 11.8 Å². The number of ether oxygens (including phenoxy) is 2. The number of amides is 2. The maximum Gasteiger partial charge on any atom is 0.410 e. The Hall–Kier alpha value is -3.24. The molecular formula is C30H42N4O6. The molecule has 2 fully saturated rings. The second-order valence-electron chi connectivity index (χ2n) is 11.1. The van der Waals surface area contributed by atoms with E-state index in [4.69, 9.17) is 20.9 Å². The Morgan fingerprint density at radius 3 is 2.70 bits per heavy atom. The molecule has 2 aliphatic heterocycles. The summed E-state index contributed by atoms with van der Waals surface area (Å²) in [6.07, 6.45) is 9.47. The summed E-state index contributed by atoms with van der Waals surface area (Å²) in [6, 6.07) is 6.68. The van der Waals surface area contributed by atoms with Crippen LogP contribution in [0.25, 0.3) is 0 Å². The molecule has 218 valence electrons. The van der Waals surface area contributed by atoms with Gasteiger partial charge in [-0.2, -0.15) is 0 Å². The highest BCUT2D eigenvalue weighted by Crippen LogP contribution is 2.43. The summed E-state index contributed by atoms with van der Waals surface area (Å²) in [4.78, 5) is 52.5. The summed E-state index contributed by atoms with van der Waals surface area (Å²) >= 11 is 0. The van der Waals surface area contributed by atoms with Crippen LogP contribution in [0.4, 0.5) is 4.79 Å². The second kappa shape index (κ2) is 13.4. The van der Waals surface area contributed by atoms with Gasteiger partial charge in [-0.25, -0.2) is 4.79 Å². The van der Waals surface area contributed by atoms with Gasteiger partial charge >= 0.3 is 12.1 Å². The SMILES string of the molecule is CCOC(=O)[C@@]1(N)C[C@H]1/C=C\CCCCC[C@H](N)C(=O)N1C[C@H](OC(=O)N2CCc3ccccc3C2)C[C@H]1C=O. The van der Waals surface area contributed by atoms with Crippen LogP contribution in [0, 0.1) is 5.92 Å². The predicted octanol–water partition coefficient (Wildman–Crippen LogP) is 2.46. The summed E-state index contributed by atoms with van der Waals surface area (Å²) in [5.74, 6) is -0.589. The molecule has 10 nitrogen and oxygen atoms in total.